The van der Waals surface area contributed by atoms with Crippen molar-refractivity contribution in [2.75, 3.05) is 11.5 Å². The summed E-state index contributed by atoms with van der Waals surface area (Å²) < 4.78 is 19.5. The fourth-order valence-electron chi connectivity index (χ4n) is 3.07. The van der Waals surface area contributed by atoms with Gasteiger partial charge in [0, 0.05) is 12.1 Å². The fraction of sp³-hybridized carbons (Fsp3) is 0.0909. The molecular formula is C22H15ClFN3O4S. The minimum atomic E-state index is -0.563. The number of halogens is 2. The molecule has 1 amide bonds. The average Bonchev–Trinajstić information content (AvgIpc) is 3.18. The summed E-state index contributed by atoms with van der Waals surface area (Å²) in [5, 5.41) is 11.4. The number of non-ortho nitro benzene ring substituents is 1. The van der Waals surface area contributed by atoms with Crippen molar-refractivity contribution in [3.8, 4) is 5.75 Å². The molecule has 1 heterocycles. The van der Waals surface area contributed by atoms with Gasteiger partial charge in [0.2, 0.25) is 0 Å². The van der Waals surface area contributed by atoms with Gasteiger partial charge in [-0.3, -0.25) is 19.8 Å². The van der Waals surface area contributed by atoms with Crippen molar-refractivity contribution in [2.24, 2.45) is 0 Å². The SMILES string of the molecule is CCOc1ccc(N(C(=O)c2ccc(F)cc2Cl)c2nc3ccc([N+](=O)[O-])cc3s2)cc1. The van der Waals surface area contributed by atoms with Crippen LogP contribution in [0.5, 0.6) is 5.75 Å². The zero-order valence-corrected chi connectivity index (χ0v) is 18.2. The topological polar surface area (TPSA) is 85.6 Å². The van der Waals surface area contributed by atoms with Crippen molar-refractivity contribution in [3.63, 3.8) is 0 Å². The molecule has 3 aromatic carbocycles. The third kappa shape index (κ3) is 4.25. The first-order valence-corrected chi connectivity index (χ1v) is 10.6. The lowest BCUT2D eigenvalue weighted by Crippen LogP contribution is -2.26. The van der Waals surface area contributed by atoms with Crippen LogP contribution >= 0.6 is 22.9 Å². The summed E-state index contributed by atoms with van der Waals surface area (Å²) in [4.78, 5) is 29.9. The number of rotatable bonds is 6. The Kier molecular flexibility index (Phi) is 6.02. The number of nitrogens with zero attached hydrogens (tertiary/aromatic N) is 3. The largest absolute Gasteiger partial charge is 0.494 e. The Morgan fingerprint density at radius 3 is 2.59 bits per heavy atom. The van der Waals surface area contributed by atoms with E-state index in [0.29, 0.717) is 28.3 Å². The van der Waals surface area contributed by atoms with E-state index in [-0.39, 0.29) is 21.4 Å². The van der Waals surface area contributed by atoms with Crippen molar-refractivity contribution in [3.05, 3.63) is 87.2 Å². The highest BCUT2D eigenvalue weighted by Crippen LogP contribution is 2.37. The van der Waals surface area contributed by atoms with Gasteiger partial charge in [-0.05, 0) is 55.5 Å². The molecule has 7 nitrogen and oxygen atoms in total. The van der Waals surface area contributed by atoms with Crippen LogP contribution in [-0.2, 0) is 0 Å². The molecule has 1 aromatic heterocycles. The van der Waals surface area contributed by atoms with E-state index >= 15 is 0 Å². The molecule has 0 N–H and O–H groups in total. The summed E-state index contributed by atoms with van der Waals surface area (Å²) >= 11 is 7.26. The van der Waals surface area contributed by atoms with E-state index < -0.39 is 16.6 Å². The van der Waals surface area contributed by atoms with Crippen LogP contribution in [0, 0.1) is 15.9 Å². The van der Waals surface area contributed by atoms with Crippen LogP contribution in [0.3, 0.4) is 0 Å². The van der Waals surface area contributed by atoms with E-state index in [9.17, 15) is 19.3 Å². The number of carbonyl (C=O) groups excluding carboxylic acids is 1. The summed E-state index contributed by atoms with van der Waals surface area (Å²) in [7, 11) is 0. The van der Waals surface area contributed by atoms with E-state index in [1.807, 2.05) is 6.92 Å². The van der Waals surface area contributed by atoms with Gasteiger partial charge in [0.15, 0.2) is 5.13 Å². The molecule has 0 aliphatic carbocycles. The maximum absolute atomic E-state index is 13.5. The number of benzene rings is 3. The summed E-state index contributed by atoms with van der Waals surface area (Å²) in [6.45, 7) is 2.35. The molecule has 0 aliphatic heterocycles. The number of anilines is 2. The molecule has 0 radical (unpaired) electrons. The first kappa shape index (κ1) is 21.7. The number of hydrogen-bond donors (Lipinski definition) is 0. The lowest BCUT2D eigenvalue weighted by atomic mass is 10.1. The highest BCUT2D eigenvalue weighted by molar-refractivity contribution is 7.22. The Balaban J connectivity index is 1.84. The Labute approximate surface area is 190 Å². The minimum absolute atomic E-state index is 0.0392. The molecular weight excluding hydrogens is 457 g/mol. The maximum Gasteiger partial charge on any atom is 0.270 e. The number of carbonyl (C=O) groups is 1. The van der Waals surface area contributed by atoms with E-state index in [0.717, 1.165) is 23.5 Å². The maximum atomic E-state index is 13.5. The van der Waals surface area contributed by atoms with Crippen molar-refractivity contribution in [1.82, 2.24) is 4.98 Å². The van der Waals surface area contributed by atoms with E-state index in [1.165, 1.54) is 29.2 Å². The first-order chi connectivity index (χ1) is 15.4. The number of thiazole rings is 1. The van der Waals surface area contributed by atoms with Crippen molar-refractivity contribution in [2.45, 2.75) is 6.92 Å². The summed E-state index contributed by atoms with van der Waals surface area (Å²) in [6, 6.07) is 14.6. The first-order valence-electron chi connectivity index (χ1n) is 9.44. The molecule has 0 aliphatic rings. The van der Waals surface area contributed by atoms with Crippen LogP contribution in [0.4, 0.5) is 20.9 Å². The van der Waals surface area contributed by atoms with Gasteiger partial charge in [-0.15, -0.1) is 0 Å². The lowest BCUT2D eigenvalue weighted by molar-refractivity contribution is -0.384. The zero-order valence-electron chi connectivity index (χ0n) is 16.6. The monoisotopic (exact) mass is 471 g/mol. The highest BCUT2D eigenvalue weighted by Gasteiger charge is 2.26. The molecule has 0 spiro atoms. The van der Waals surface area contributed by atoms with Crippen LogP contribution in [0.2, 0.25) is 5.02 Å². The van der Waals surface area contributed by atoms with Gasteiger partial charge >= 0.3 is 0 Å². The predicted octanol–water partition coefficient (Wildman–Crippen LogP) is 6.37. The molecule has 4 aromatic rings. The van der Waals surface area contributed by atoms with Gasteiger partial charge in [-0.1, -0.05) is 22.9 Å². The quantitative estimate of drug-likeness (QED) is 0.241. The van der Waals surface area contributed by atoms with E-state index in [1.54, 1.807) is 24.3 Å². The van der Waals surface area contributed by atoms with Gasteiger partial charge in [0.25, 0.3) is 11.6 Å². The molecule has 162 valence electrons. The second-order valence-electron chi connectivity index (χ2n) is 6.60. The number of hydrogen-bond acceptors (Lipinski definition) is 6. The van der Waals surface area contributed by atoms with Crippen LogP contribution < -0.4 is 9.64 Å². The molecule has 0 fully saturated rings. The number of amides is 1. The number of nitro benzene ring substituents is 1. The molecule has 0 bridgehead atoms. The summed E-state index contributed by atoms with van der Waals surface area (Å²) in [5.41, 5.74) is 0.998. The molecule has 0 saturated heterocycles. The second-order valence-corrected chi connectivity index (χ2v) is 8.01. The fourth-order valence-corrected chi connectivity index (χ4v) is 4.33. The molecule has 10 heteroatoms. The molecule has 0 atom stereocenters. The smallest absolute Gasteiger partial charge is 0.270 e. The molecule has 0 unspecified atom stereocenters. The molecule has 4 rings (SSSR count). The van der Waals surface area contributed by atoms with Gasteiger partial charge in [-0.25, -0.2) is 9.37 Å². The van der Waals surface area contributed by atoms with E-state index in [2.05, 4.69) is 4.98 Å². The summed E-state index contributed by atoms with van der Waals surface area (Å²) in [6.07, 6.45) is 0. The third-order valence-corrected chi connectivity index (χ3v) is 5.85. The number of fused-ring (bicyclic) bond motifs is 1. The Morgan fingerprint density at radius 1 is 1.19 bits per heavy atom. The lowest BCUT2D eigenvalue weighted by Gasteiger charge is -2.21. The van der Waals surface area contributed by atoms with Gasteiger partial charge in [0.1, 0.15) is 11.6 Å². The van der Waals surface area contributed by atoms with Crippen molar-refractivity contribution >= 4 is 55.6 Å². The van der Waals surface area contributed by atoms with Crippen molar-refractivity contribution < 1.29 is 18.8 Å². The van der Waals surface area contributed by atoms with Crippen LogP contribution in [0.25, 0.3) is 10.2 Å². The predicted molar refractivity (Wildman–Crippen MR) is 122 cm³/mol. The second kappa shape index (κ2) is 8.89. The van der Waals surface area contributed by atoms with Crippen LogP contribution in [0.1, 0.15) is 17.3 Å². The zero-order chi connectivity index (χ0) is 22.8. The number of aromatic nitrogens is 1. The minimum Gasteiger partial charge on any atom is -0.494 e. The Bertz CT molecular complexity index is 1330. The average molecular weight is 472 g/mol. The van der Waals surface area contributed by atoms with Gasteiger partial charge in [-0.2, -0.15) is 0 Å². The highest BCUT2D eigenvalue weighted by atomic mass is 35.5. The van der Waals surface area contributed by atoms with Gasteiger partial charge in [0.05, 0.1) is 38.0 Å². The molecule has 32 heavy (non-hydrogen) atoms. The van der Waals surface area contributed by atoms with E-state index in [4.69, 9.17) is 16.3 Å². The number of nitro groups is 1. The Morgan fingerprint density at radius 2 is 1.94 bits per heavy atom. The third-order valence-electron chi connectivity index (χ3n) is 4.53. The Hall–Kier alpha value is -3.56. The molecule has 0 saturated carbocycles. The van der Waals surface area contributed by atoms with Gasteiger partial charge < -0.3 is 4.74 Å². The van der Waals surface area contributed by atoms with Crippen LogP contribution in [-0.4, -0.2) is 22.4 Å². The summed E-state index contributed by atoms with van der Waals surface area (Å²) in [5.74, 6) is -0.456. The standard InChI is InChI=1S/C22H15ClFN3O4S/c1-2-31-16-7-4-14(5-8-16)26(21(28)17-9-3-13(24)11-18(17)23)22-25-19-10-6-15(27(29)30)12-20(19)32-22/h3-12H,2H2,1H3. The van der Waals surface area contributed by atoms with Crippen LogP contribution in [0.15, 0.2) is 60.7 Å². The number of ether oxygens (including phenoxy) is 1. The normalized spacial score (nSPS) is 10.8. The van der Waals surface area contributed by atoms with Crippen molar-refractivity contribution in [1.29, 1.82) is 0 Å².